The van der Waals surface area contributed by atoms with Crippen LogP contribution in [0.15, 0.2) is 41.3 Å². The third-order valence-electron chi connectivity index (χ3n) is 2.76. The summed E-state index contributed by atoms with van der Waals surface area (Å²) in [5.74, 6) is -0.300. The van der Waals surface area contributed by atoms with Gasteiger partial charge in [0.05, 0.1) is 16.6 Å². The molecule has 1 aromatic carbocycles. The number of aromatic nitrogens is 3. The second kappa shape index (κ2) is 4.82. The number of anilines is 1. The molecule has 7 heteroatoms. The molecule has 0 bridgehead atoms. The summed E-state index contributed by atoms with van der Waals surface area (Å²) in [6.45, 7) is 0. The lowest BCUT2D eigenvalue weighted by Gasteiger charge is -2.05. The Morgan fingerprint density at radius 1 is 1.15 bits per heavy atom. The molecular weight excluding hydrogens is 280 g/mol. The molecule has 0 atom stereocenters. The van der Waals surface area contributed by atoms with Crippen LogP contribution >= 0.6 is 11.6 Å². The summed E-state index contributed by atoms with van der Waals surface area (Å²) < 4.78 is 0. The highest BCUT2D eigenvalue weighted by atomic mass is 35.5. The fraction of sp³-hybridized carbons (Fsp3) is 0. The maximum atomic E-state index is 12.0. The fourth-order valence-electron chi connectivity index (χ4n) is 1.82. The van der Waals surface area contributed by atoms with Crippen LogP contribution in [0.1, 0.15) is 10.4 Å². The number of benzene rings is 1. The largest absolute Gasteiger partial charge is 0.323 e. The molecule has 0 saturated heterocycles. The van der Waals surface area contributed by atoms with Gasteiger partial charge < -0.3 is 15.3 Å². The minimum atomic E-state index is -0.300. The van der Waals surface area contributed by atoms with Crippen LogP contribution in [-0.2, 0) is 0 Å². The molecule has 0 aliphatic rings. The van der Waals surface area contributed by atoms with Crippen LogP contribution in [0.2, 0.25) is 5.15 Å². The van der Waals surface area contributed by atoms with Crippen molar-refractivity contribution in [2.45, 2.75) is 0 Å². The molecule has 0 radical (unpaired) electrons. The second-order valence-corrected chi connectivity index (χ2v) is 4.55. The molecule has 2 aromatic heterocycles. The Kier molecular flexibility index (Phi) is 3.00. The van der Waals surface area contributed by atoms with E-state index in [1.165, 1.54) is 6.20 Å². The first kappa shape index (κ1) is 12.4. The average Bonchev–Trinajstić information content (AvgIpc) is 2.78. The molecule has 2 heterocycles. The first-order valence-electron chi connectivity index (χ1n) is 5.77. The Morgan fingerprint density at radius 2 is 1.95 bits per heavy atom. The number of fused-ring (bicyclic) bond motifs is 1. The molecule has 0 fully saturated rings. The zero-order valence-corrected chi connectivity index (χ0v) is 10.9. The maximum absolute atomic E-state index is 12.0. The van der Waals surface area contributed by atoms with Gasteiger partial charge in [0, 0.05) is 11.9 Å². The van der Waals surface area contributed by atoms with Gasteiger partial charge in [0.25, 0.3) is 5.91 Å². The van der Waals surface area contributed by atoms with Crippen molar-refractivity contribution in [2.75, 3.05) is 5.32 Å². The Labute approximate surface area is 117 Å². The lowest BCUT2D eigenvalue weighted by atomic mass is 10.2. The van der Waals surface area contributed by atoms with Crippen molar-refractivity contribution in [1.82, 2.24) is 15.0 Å². The van der Waals surface area contributed by atoms with Gasteiger partial charge in [-0.25, -0.2) is 9.78 Å². The number of carbonyl (C=O) groups excluding carboxylic acids is 1. The summed E-state index contributed by atoms with van der Waals surface area (Å²) in [6, 6.07) is 8.22. The summed E-state index contributed by atoms with van der Waals surface area (Å²) >= 11 is 5.66. The lowest BCUT2D eigenvalue weighted by molar-refractivity contribution is 0.102. The van der Waals surface area contributed by atoms with Crippen LogP contribution < -0.4 is 11.0 Å². The molecule has 3 N–H and O–H groups in total. The standard InChI is InChI=1S/C13H9ClN4O2/c14-11-4-1-7(6-15-11)12(19)16-8-2-3-9-10(5-8)18-13(20)17-9/h1-6H,(H,16,19)(H2,17,18,20). The molecule has 0 unspecified atom stereocenters. The van der Waals surface area contributed by atoms with Crippen LogP contribution in [0.25, 0.3) is 11.0 Å². The normalized spacial score (nSPS) is 10.7. The van der Waals surface area contributed by atoms with Gasteiger partial charge in [-0.05, 0) is 30.3 Å². The van der Waals surface area contributed by atoms with E-state index in [1.54, 1.807) is 30.3 Å². The Balaban J connectivity index is 1.86. The maximum Gasteiger partial charge on any atom is 0.323 e. The van der Waals surface area contributed by atoms with Crippen LogP contribution in [0.4, 0.5) is 5.69 Å². The SMILES string of the molecule is O=C(Nc1ccc2[nH]c(=O)[nH]c2c1)c1ccc(Cl)nc1. The molecule has 3 rings (SSSR count). The Bertz CT molecular complexity index is 835. The van der Waals surface area contributed by atoms with E-state index in [0.717, 1.165) is 0 Å². The molecule has 20 heavy (non-hydrogen) atoms. The summed E-state index contributed by atoms with van der Waals surface area (Å²) in [5.41, 5.74) is 2.00. The molecule has 0 saturated carbocycles. The van der Waals surface area contributed by atoms with E-state index >= 15 is 0 Å². The van der Waals surface area contributed by atoms with Gasteiger partial charge in [-0.3, -0.25) is 4.79 Å². The first-order valence-corrected chi connectivity index (χ1v) is 6.14. The average molecular weight is 289 g/mol. The van der Waals surface area contributed by atoms with E-state index < -0.39 is 0 Å². The number of imidazole rings is 1. The van der Waals surface area contributed by atoms with Crippen molar-refractivity contribution >= 4 is 34.2 Å². The predicted molar refractivity (Wildman–Crippen MR) is 76.1 cm³/mol. The summed E-state index contributed by atoms with van der Waals surface area (Å²) in [6.07, 6.45) is 1.40. The van der Waals surface area contributed by atoms with Crippen molar-refractivity contribution in [1.29, 1.82) is 0 Å². The predicted octanol–water partition coefficient (Wildman–Crippen LogP) is 2.16. The number of hydrogen-bond donors (Lipinski definition) is 3. The van der Waals surface area contributed by atoms with Gasteiger partial charge in [0.15, 0.2) is 0 Å². The van der Waals surface area contributed by atoms with Gasteiger partial charge in [-0.15, -0.1) is 0 Å². The Morgan fingerprint density at radius 3 is 2.70 bits per heavy atom. The molecule has 1 amide bonds. The van der Waals surface area contributed by atoms with Gasteiger partial charge in [0.1, 0.15) is 5.15 Å². The second-order valence-electron chi connectivity index (χ2n) is 4.16. The minimum Gasteiger partial charge on any atom is -0.322 e. The number of aromatic amines is 2. The van der Waals surface area contributed by atoms with E-state index in [1.807, 2.05) is 0 Å². The number of rotatable bonds is 2. The highest BCUT2D eigenvalue weighted by Crippen LogP contribution is 2.15. The number of hydrogen-bond acceptors (Lipinski definition) is 3. The van der Waals surface area contributed by atoms with Crippen LogP contribution in [0, 0.1) is 0 Å². The molecule has 6 nitrogen and oxygen atoms in total. The number of nitrogens with one attached hydrogen (secondary N) is 3. The molecule has 0 aliphatic carbocycles. The minimum absolute atomic E-state index is 0.287. The van der Waals surface area contributed by atoms with Crippen LogP contribution in [0.3, 0.4) is 0 Å². The zero-order chi connectivity index (χ0) is 14.1. The highest BCUT2D eigenvalue weighted by molar-refractivity contribution is 6.29. The Hall–Kier alpha value is -2.60. The lowest BCUT2D eigenvalue weighted by Crippen LogP contribution is -2.11. The fourth-order valence-corrected chi connectivity index (χ4v) is 1.94. The highest BCUT2D eigenvalue weighted by Gasteiger charge is 2.07. The smallest absolute Gasteiger partial charge is 0.322 e. The summed E-state index contributed by atoms with van der Waals surface area (Å²) in [7, 11) is 0. The van der Waals surface area contributed by atoms with Crippen molar-refractivity contribution in [3.8, 4) is 0 Å². The van der Waals surface area contributed by atoms with E-state index in [2.05, 4.69) is 20.3 Å². The van der Waals surface area contributed by atoms with E-state index in [-0.39, 0.29) is 11.6 Å². The molecule has 0 aliphatic heterocycles. The van der Waals surface area contributed by atoms with Crippen LogP contribution in [-0.4, -0.2) is 20.9 Å². The third-order valence-corrected chi connectivity index (χ3v) is 2.99. The van der Waals surface area contributed by atoms with Gasteiger partial charge >= 0.3 is 5.69 Å². The third kappa shape index (κ3) is 2.41. The number of nitrogens with zero attached hydrogens (tertiary/aromatic N) is 1. The topological polar surface area (TPSA) is 90.6 Å². The zero-order valence-electron chi connectivity index (χ0n) is 10.1. The monoisotopic (exact) mass is 288 g/mol. The van der Waals surface area contributed by atoms with E-state index in [9.17, 15) is 9.59 Å². The summed E-state index contributed by atoms with van der Waals surface area (Å²) in [4.78, 5) is 32.3. The van der Waals surface area contributed by atoms with Crippen molar-refractivity contribution in [3.05, 3.63) is 57.7 Å². The van der Waals surface area contributed by atoms with Gasteiger partial charge in [0.2, 0.25) is 0 Å². The first-order chi connectivity index (χ1) is 9.61. The van der Waals surface area contributed by atoms with Crippen molar-refractivity contribution in [3.63, 3.8) is 0 Å². The van der Waals surface area contributed by atoms with Crippen molar-refractivity contribution < 1.29 is 4.79 Å². The molecule has 3 aromatic rings. The summed E-state index contributed by atoms with van der Waals surface area (Å²) in [5, 5.41) is 3.05. The molecule has 100 valence electrons. The quantitative estimate of drug-likeness (QED) is 0.631. The number of carbonyl (C=O) groups is 1. The van der Waals surface area contributed by atoms with E-state index in [4.69, 9.17) is 11.6 Å². The number of amides is 1. The number of halogens is 1. The molecular formula is C13H9ClN4O2. The van der Waals surface area contributed by atoms with E-state index in [0.29, 0.717) is 27.4 Å². The van der Waals surface area contributed by atoms with Gasteiger partial charge in [-0.2, -0.15) is 0 Å². The van der Waals surface area contributed by atoms with Crippen LogP contribution in [0.5, 0.6) is 0 Å². The van der Waals surface area contributed by atoms with Gasteiger partial charge in [-0.1, -0.05) is 11.6 Å². The number of H-pyrrole nitrogens is 2. The number of pyridine rings is 1. The van der Waals surface area contributed by atoms with Crippen molar-refractivity contribution in [2.24, 2.45) is 0 Å². The molecule has 0 spiro atoms.